The van der Waals surface area contributed by atoms with E-state index in [0.717, 1.165) is 24.6 Å². The van der Waals surface area contributed by atoms with Crippen LogP contribution in [0.4, 0.5) is 0 Å². The Morgan fingerprint density at radius 3 is 3.00 bits per heavy atom. The van der Waals surface area contributed by atoms with E-state index in [1.807, 2.05) is 18.8 Å². The number of hydrogen-bond donors (Lipinski definition) is 2. The summed E-state index contributed by atoms with van der Waals surface area (Å²) in [4.78, 5) is 6.73. The molecule has 0 aliphatic heterocycles. The number of thiocarbonyl (C=S) groups is 1. The zero-order chi connectivity index (χ0) is 13.4. The Balaban J connectivity index is 2.15. The van der Waals surface area contributed by atoms with Gasteiger partial charge in [0.05, 0.1) is 5.69 Å². The summed E-state index contributed by atoms with van der Waals surface area (Å²) in [6.45, 7) is 1.81. The summed E-state index contributed by atoms with van der Waals surface area (Å²) in [5, 5.41) is 10.1. The minimum absolute atomic E-state index is 0.706. The maximum atomic E-state index is 4.99. The van der Waals surface area contributed by atoms with Crippen molar-refractivity contribution in [3.63, 3.8) is 0 Å². The van der Waals surface area contributed by atoms with Crippen molar-refractivity contribution in [2.24, 2.45) is 0 Å². The van der Waals surface area contributed by atoms with E-state index in [4.69, 9.17) is 12.2 Å². The van der Waals surface area contributed by atoms with Crippen LogP contribution in [0.1, 0.15) is 10.7 Å². The van der Waals surface area contributed by atoms with Crippen molar-refractivity contribution in [3.05, 3.63) is 16.1 Å². The normalized spacial score (nSPS) is 10.7. The van der Waals surface area contributed by atoms with Crippen LogP contribution in [-0.4, -0.2) is 48.4 Å². The van der Waals surface area contributed by atoms with Gasteiger partial charge in [-0.15, -0.1) is 11.3 Å². The molecule has 0 fully saturated rings. The molecule has 0 bridgehead atoms. The van der Waals surface area contributed by atoms with Gasteiger partial charge in [-0.1, -0.05) is 0 Å². The zero-order valence-electron chi connectivity index (χ0n) is 11.0. The summed E-state index contributed by atoms with van der Waals surface area (Å²) in [7, 11) is 5.95. The molecule has 0 aromatic carbocycles. The molecule has 1 aromatic rings. The third kappa shape index (κ3) is 6.53. The number of rotatable bonds is 7. The Hall–Kier alpha value is -0.370. The molecule has 7 heteroatoms. The summed E-state index contributed by atoms with van der Waals surface area (Å²) in [6, 6.07) is 0. The van der Waals surface area contributed by atoms with E-state index in [0.29, 0.717) is 5.11 Å². The number of thiazole rings is 1. The number of hydrogen-bond acceptors (Lipinski definition) is 5. The first-order valence-electron chi connectivity index (χ1n) is 5.73. The molecular weight excluding hydrogens is 284 g/mol. The second-order valence-electron chi connectivity index (χ2n) is 4.03. The second kappa shape index (κ2) is 8.68. The van der Waals surface area contributed by atoms with E-state index < -0.39 is 0 Å². The van der Waals surface area contributed by atoms with Crippen LogP contribution in [0, 0.1) is 0 Å². The average molecular weight is 305 g/mol. The van der Waals surface area contributed by atoms with Crippen molar-refractivity contribution in [1.82, 2.24) is 20.5 Å². The third-order valence-corrected chi connectivity index (χ3v) is 4.28. The van der Waals surface area contributed by atoms with Crippen LogP contribution in [0.25, 0.3) is 0 Å². The standard InChI is InChI=1S/C11H20N4S3/c1-12-11(16)13-4-5-17-7-9-8-18-10(14-9)6-15(2)3/h8H,4-7H2,1-3H3,(H2,12,13,16). The average Bonchev–Trinajstić information content (AvgIpc) is 2.75. The highest BCUT2D eigenvalue weighted by molar-refractivity contribution is 7.98. The van der Waals surface area contributed by atoms with Gasteiger partial charge >= 0.3 is 0 Å². The van der Waals surface area contributed by atoms with E-state index in [1.54, 1.807) is 11.3 Å². The maximum Gasteiger partial charge on any atom is 0.166 e. The van der Waals surface area contributed by atoms with Gasteiger partial charge in [-0.3, -0.25) is 0 Å². The molecule has 1 rings (SSSR count). The molecule has 0 saturated heterocycles. The first-order valence-corrected chi connectivity index (χ1v) is 8.17. The zero-order valence-corrected chi connectivity index (χ0v) is 13.5. The molecule has 0 radical (unpaired) electrons. The SMILES string of the molecule is CNC(=S)NCCSCc1csc(CN(C)C)n1. The highest BCUT2D eigenvalue weighted by Gasteiger charge is 2.03. The molecule has 1 heterocycles. The van der Waals surface area contributed by atoms with Crippen LogP contribution in [0.15, 0.2) is 5.38 Å². The second-order valence-corrected chi connectivity index (χ2v) is 6.48. The van der Waals surface area contributed by atoms with Crippen molar-refractivity contribution < 1.29 is 0 Å². The summed E-state index contributed by atoms with van der Waals surface area (Å²) in [6.07, 6.45) is 0. The molecule has 0 saturated carbocycles. The predicted molar refractivity (Wildman–Crippen MR) is 85.3 cm³/mol. The molecule has 0 atom stereocenters. The molecule has 0 spiro atoms. The maximum absolute atomic E-state index is 4.99. The molecule has 0 unspecified atom stereocenters. The smallest absolute Gasteiger partial charge is 0.166 e. The van der Waals surface area contributed by atoms with E-state index in [1.165, 1.54) is 10.7 Å². The Kier molecular flexibility index (Phi) is 7.57. The number of thioether (sulfide) groups is 1. The van der Waals surface area contributed by atoms with Gasteiger partial charge in [-0.2, -0.15) is 11.8 Å². The van der Waals surface area contributed by atoms with Gasteiger partial charge in [0, 0.05) is 37.0 Å². The number of nitrogens with one attached hydrogen (secondary N) is 2. The van der Waals surface area contributed by atoms with Gasteiger partial charge in [0.2, 0.25) is 0 Å². The van der Waals surface area contributed by atoms with Gasteiger partial charge in [0.1, 0.15) is 5.01 Å². The van der Waals surface area contributed by atoms with Crippen LogP contribution in [0.3, 0.4) is 0 Å². The minimum Gasteiger partial charge on any atom is -0.366 e. The summed E-state index contributed by atoms with van der Waals surface area (Å²) in [5.74, 6) is 2.00. The van der Waals surface area contributed by atoms with Gasteiger partial charge in [-0.05, 0) is 26.3 Å². The molecule has 0 aliphatic rings. The van der Waals surface area contributed by atoms with E-state index in [-0.39, 0.29) is 0 Å². The molecule has 4 nitrogen and oxygen atoms in total. The first kappa shape index (κ1) is 15.7. The Morgan fingerprint density at radius 2 is 2.33 bits per heavy atom. The molecule has 2 N–H and O–H groups in total. The van der Waals surface area contributed by atoms with E-state index in [2.05, 4.69) is 40.0 Å². The van der Waals surface area contributed by atoms with Crippen LogP contribution in [0.2, 0.25) is 0 Å². The van der Waals surface area contributed by atoms with Crippen molar-refractivity contribution in [3.8, 4) is 0 Å². The largest absolute Gasteiger partial charge is 0.366 e. The highest BCUT2D eigenvalue weighted by atomic mass is 32.2. The molecule has 102 valence electrons. The lowest BCUT2D eigenvalue weighted by Gasteiger charge is -2.06. The fraction of sp³-hybridized carbons (Fsp3) is 0.636. The van der Waals surface area contributed by atoms with Crippen molar-refractivity contribution in [2.45, 2.75) is 12.3 Å². The Labute approximate surface area is 123 Å². The van der Waals surface area contributed by atoms with Gasteiger partial charge in [0.25, 0.3) is 0 Å². The van der Waals surface area contributed by atoms with Crippen LogP contribution >= 0.6 is 35.3 Å². The monoisotopic (exact) mass is 304 g/mol. The highest BCUT2D eigenvalue weighted by Crippen LogP contribution is 2.16. The lowest BCUT2D eigenvalue weighted by molar-refractivity contribution is 0.401. The summed E-state index contributed by atoms with van der Waals surface area (Å²) >= 11 is 8.60. The molecule has 0 amide bonds. The molecule has 0 aliphatic carbocycles. The summed E-state index contributed by atoms with van der Waals surface area (Å²) in [5.41, 5.74) is 1.18. The van der Waals surface area contributed by atoms with E-state index in [9.17, 15) is 0 Å². The third-order valence-electron chi connectivity index (χ3n) is 2.06. The molecule has 18 heavy (non-hydrogen) atoms. The van der Waals surface area contributed by atoms with Crippen molar-refractivity contribution >= 4 is 40.4 Å². The minimum atomic E-state index is 0.706. The van der Waals surface area contributed by atoms with Crippen molar-refractivity contribution in [2.75, 3.05) is 33.4 Å². The summed E-state index contributed by atoms with van der Waals surface area (Å²) < 4.78 is 0. The number of aromatic nitrogens is 1. The fourth-order valence-electron chi connectivity index (χ4n) is 1.26. The van der Waals surface area contributed by atoms with Crippen LogP contribution in [0.5, 0.6) is 0 Å². The Morgan fingerprint density at radius 1 is 1.56 bits per heavy atom. The lowest BCUT2D eigenvalue weighted by Crippen LogP contribution is -2.33. The Bertz CT molecular complexity index is 365. The van der Waals surface area contributed by atoms with Crippen molar-refractivity contribution in [1.29, 1.82) is 0 Å². The number of nitrogens with zero attached hydrogens (tertiary/aromatic N) is 2. The predicted octanol–water partition coefficient (Wildman–Crippen LogP) is 1.53. The lowest BCUT2D eigenvalue weighted by atomic mass is 10.5. The molecule has 1 aromatic heterocycles. The topological polar surface area (TPSA) is 40.2 Å². The van der Waals surface area contributed by atoms with Gasteiger partial charge < -0.3 is 15.5 Å². The fourth-order valence-corrected chi connectivity index (χ4v) is 3.13. The van der Waals surface area contributed by atoms with Crippen LogP contribution in [-0.2, 0) is 12.3 Å². The van der Waals surface area contributed by atoms with Crippen LogP contribution < -0.4 is 10.6 Å². The first-order chi connectivity index (χ1) is 8.61. The van der Waals surface area contributed by atoms with Gasteiger partial charge in [0.15, 0.2) is 5.11 Å². The quantitative estimate of drug-likeness (QED) is 0.588. The molecular formula is C11H20N4S3. The van der Waals surface area contributed by atoms with E-state index >= 15 is 0 Å². The van der Waals surface area contributed by atoms with Gasteiger partial charge in [-0.25, -0.2) is 4.98 Å².